The van der Waals surface area contributed by atoms with Crippen molar-refractivity contribution in [2.75, 3.05) is 6.54 Å². The Kier molecular flexibility index (Phi) is 4.19. The third-order valence-electron chi connectivity index (χ3n) is 4.99. The standard InChI is InChI=1S/C16H21FN2O2/c17-16-13(6-3-9-15(16)19(20)21)11-18-10-4-7-12-5-1-2-8-14(12)18/h3,6,9,12,14H,1-2,4-5,7-8,10-11H2. The summed E-state index contributed by atoms with van der Waals surface area (Å²) < 4.78 is 14.2. The van der Waals surface area contributed by atoms with Crippen LogP contribution in [0.15, 0.2) is 18.2 Å². The average molecular weight is 292 g/mol. The average Bonchev–Trinajstić information content (AvgIpc) is 2.49. The van der Waals surface area contributed by atoms with Crippen LogP contribution in [0, 0.1) is 21.8 Å². The van der Waals surface area contributed by atoms with Gasteiger partial charge in [-0.1, -0.05) is 25.0 Å². The number of hydrogen-bond donors (Lipinski definition) is 0. The van der Waals surface area contributed by atoms with Crippen molar-refractivity contribution >= 4 is 5.69 Å². The van der Waals surface area contributed by atoms with E-state index in [9.17, 15) is 14.5 Å². The van der Waals surface area contributed by atoms with E-state index in [1.54, 1.807) is 12.1 Å². The van der Waals surface area contributed by atoms with Crippen LogP contribution in [0.25, 0.3) is 0 Å². The van der Waals surface area contributed by atoms with Crippen molar-refractivity contribution in [1.82, 2.24) is 4.90 Å². The predicted molar refractivity (Wildman–Crippen MR) is 78.4 cm³/mol. The first-order valence-corrected chi connectivity index (χ1v) is 7.82. The fourth-order valence-corrected chi connectivity index (χ4v) is 3.97. The number of piperidine rings is 1. The van der Waals surface area contributed by atoms with Crippen LogP contribution < -0.4 is 0 Å². The molecule has 3 rings (SSSR count). The zero-order valence-electron chi connectivity index (χ0n) is 12.1. The summed E-state index contributed by atoms with van der Waals surface area (Å²) in [5.74, 6) is 0.0645. The Balaban J connectivity index is 1.79. The van der Waals surface area contributed by atoms with E-state index in [1.165, 1.54) is 38.2 Å². The predicted octanol–water partition coefficient (Wildman–Crippen LogP) is 3.89. The van der Waals surface area contributed by atoms with Crippen molar-refractivity contribution in [3.63, 3.8) is 0 Å². The molecule has 1 saturated carbocycles. The van der Waals surface area contributed by atoms with Crippen molar-refractivity contribution in [3.05, 3.63) is 39.7 Å². The zero-order chi connectivity index (χ0) is 14.8. The van der Waals surface area contributed by atoms with Gasteiger partial charge in [0.05, 0.1) is 4.92 Å². The lowest BCUT2D eigenvalue weighted by atomic mass is 9.78. The molecule has 1 aromatic rings. The van der Waals surface area contributed by atoms with Crippen LogP contribution in [0.1, 0.15) is 44.1 Å². The molecular weight excluding hydrogens is 271 g/mol. The summed E-state index contributed by atoms with van der Waals surface area (Å²) >= 11 is 0. The highest BCUT2D eigenvalue weighted by atomic mass is 19.1. The van der Waals surface area contributed by atoms with Crippen molar-refractivity contribution in [1.29, 1.82) is 0 Å². The van der Waals surface area contributed by atoms with E-state index in [0.29, 0.717) is 18.2 Å². The molecule has 1 aliphatic heterocycles. The molecule has 5 heteroatoms. The van der Waals surface area contributed by atoms with E-state index in [2.05, 4.69) is 4.90 Å². The number of nitro groups is 1. The Morgan fingerprint density at radius 1 is 1.24 bits per heavy atom. The smallest absolute Gasteiger partial charge is 0.296 e. The normalized spacial score (nSPS) is 26.3. The minimum atomic E-state index is -0.666. The summed E-state index contributed by atoms with van der Waals surface area (Å²) in [5.41, 5.74) is 0.0418. The Labute approximate surface area is 124 Å². The quantitative estimate of drug-likeness (QED) is 0.627. The van der Waals surface area contributed by atoms with Gasteiger partial charge >= 0.3 is 5.69 Å². The lowest BCUT2D eigenvalue weighted by molar-refractivity contribution is -0.387. The van der Waals surface area contributed by atoms with Gasteiger partial charge in [-0.05, 0) is 38.1 Å². The second-order valence-electron chi connectivity index (χ2n) is 6.23. The highest BCUT2D eigenvalue weighted by Crippen LogP contribution is 2.36. The van der Waals surface area contributed by atoms with Crippen LogP contribution in [0.5, 0.6) is 0 Å². The van der Waals surface area contributed by atoms with Gasteiger partial charge in [0.1, 0.15) is 0 Å². The van der Waals surface area contributed by atoms with E-state index in [-0.39, 0.29) is 0 Å². The molecule has 1 aliphatic carbocycles. The summed E-state index contributed by atoms with van der Waals surface area (Å²) in [4.78, 5) is 12.5. The highest BCUT2D eigenvalue weighted by Gasteiger charge is 2.33. The lowest BCUT2D eigenvalue weighted by Crippen LogP contribution is -2.46. The van der Waals surface area contributed by atoms with Gasteiger partial charge in [-0.3, -0.25) is 15.0 Å². The molecule has 0 aromatic heterocycles. The summed E-state index contributed by atoms with van der Waals surface area (Å²) in [6.07, 6.45) is 7.44. The number of nitrogens with zero attached hydrogens (tertiary/aromatic N) is 2. The van der Waals surface area contributed by atoms with E-state index < -0.39 is 16.4 Å². The first kappa shape index (κ1) is 14.4. The fraction of sp³-hybridized carbons (Fsp3) is 0.625. The number of nitro benzene ring substituents is 1. The summed E-state index contributed by atoms with van der Waals surface area (Å²) in [6, 6.07) is 5.03. The van der Waals surface area contributed by atoms with Gasteiger partial charge in [0.15, 0.2) is 0 Å². The van der Waals surface area contributed by atoms with Crippen LogP contribution in [-0.4, -0.2) is 22.4 Å². The second-order valence-corrected chi connectivity index (χ2v) is 6.23. The van der Waals surface area contributed by atoms with Crippen molar-refractivity contribution in [3.8, 4) is 0 Å². The number of likely N-dealkylation sites (tertiary alicyclic amines) is 1. The lowest BCUT2D eigenvalue weighted by Gasteiger charge is -2.44. The van der Waals surface area contributed by atoms with E-state index in [0.717, 1.165) is 18.9 Å². The maximum absolute atomic E-state index is 14.2. The molecule has 2 aliphatic rings. The van der Waals surface area contributed by atoms with Gasteiger partial charge in [0, 0.05) is 24.2 Å². The molecule has 114 valence electrons. The van der Waals surface area contributed by atoms with Gasteiger partial charge in [-0.25, -0.2) is 0 Å². The van der Waals surface area contributed by atoms with Gasteiger partial charge in [0.2, 0.25) is 5.82 Å². The topological polar surface area (TPSA) is 46.4 Å². The SMILES string of the molecule is O=[N+]([O-])c1cccc(CN2CCCC3CCCCC32)c1F. The molecule has 2 fully saturated rings. The number of rotatable bonds is 3. The van der Waals surface area contributed by atoms with Gasteiger partial charge < -0.3 is 0 Å². The molecule has 1 heterocycles. The van der Waals surface area contributed by atoms with E-state index in [1.807, 2.05) is 0 Å². The van der Waals surface area contributed by atoms with E-state index >= 15 is 0 Å². The van der Waals surface area contributed by atoms with Gasteiger partial charge in [-0.2, -0.15) is 4.39 Å². The van der Waals surface area contributed by atoms with Crippen LogP contribution in [0.4, 0.5) is 10.1 Å². The van der Waals surface area contributed by atoms with Crippen molar-refractivity contribution in [2.24, 2.45) is 5.92 Å². The molecule has 0 spiro atoms. The zero-order valence-corrected chi connectivity index (χ0v) is 12.1. The van der Waals surface area contributed by atoms with Crippen molar-refractivity contribution < 1.29 is 9.31 Å². The third kappa shape index (κ3) is 2.93. The minimum Gasteiger partial charge on any atom is -0.296 e. The molecular formula is C16H21FN2O2. The molecule has 2 unspecified atom stereocenters. The van der Waals surface area contributed by atoms with Crippen LogP contribution in [-0.2, 0) is 6.54 Å². The Bertz CT molecular complexity index is 533. The molecule has 2 atom stereocenters. The fourth-order valence-electron chi connectivity index (χ4n) is 3.97. The molecule has 0 amide bonds. The molecule has 1 aromatic carbocycles. The number of hydrogen-bond acceptors (Lipinski definition) is 3. The molecule has 0 N–H and O–H groups in total. The van der Waals surface area contributed by atoms with E-state index in [4.69, 9.17) is 0 Å². The van der Waals surface area contributed by atoms with Crippen LogP contribution in [0.2, 0.25) is 0 Å². The van der Waals surface area contributed by atoms with Crippen LogP contribution >= 0.6 is 0 Å². The maximum Gasteiger partial charge on any atom is 0.305 e. The first-order chi connectivity index (χ1) is 10.2. The Hall–Kier alpha value is -1.49. The first-order valence-electron chi connectivity index (χ1n) is 7.82. The highest BCUT2D eigenvalue weighted by molar-refractivity contribution is 5.36. The van der Waals surface area contributed by atoms with Gasteiger partial charge in [-0.15, -0.1) is 0 Å². The molecule has 1 saturated heterocycles. The maximum atomic E-state index is 14.2. The summed E-state index contributed by atoms with van der Waals surface area (Å²) in [6.45, 7) is 1.47. The minimum absolute atomic E-state index is 0.412. The molecule has 0 bridgehead atoms. The molecule has 4 nitrogen and oxygen atoms in total. The summed E-state index contributed by atoms with van der Waals surface area (Å²) in [5, 5.41) is 10.8. The molecule has 21 heavy (non-hydrogen) atoms. The van der Waals surface area contributed by atoms with Crippen molar-refractivity contribution in [2.45, 2.75) is 51.1 Å². The third-order valence-corrected chi connectivity index (χ3v) is 4.99. The number of fused-ring (bicyclic) bond motifs is 1. The monoisotopic (exact) mass is 292 g/mol. The number of halogens is 1. The van der Waals surface area contributed by atoms with Gasteiger partial charge in [0.25, 0.3) is 0 Å². The summed E-state index contributed by atoms with van der Waals surface area (Å²) in [7, 11) is 0. The van der Waals surface area contributed by atoms with Crippen LogP contribution in [0.3, 0.4) is 0 Å². The Morgan fingerprint density at radius 3 is 2.81 bits per heavy atom. The largest absolute Gasteiger partial charge is 0.305 e. The molecule has 0 radical (unpaired) electrons. The second kappa shape index (κ2) is 6.10. The Morgan fingerprint density at radius 2 is 2.00 bits per heavy atom. The number of benzene rings is 1.